The fourth-order valence-corrected chi connectivity index (χ4v) is 2.78. The summed E-state index contributed by atoms with van der Waals surface area (Å²) < 4.78 is 5.55. The SMILES string of the molecule is CCOc1ccccc1-c1c(O)sc(C=O)c1C. The maximum absolute atomic E-state index is 10.9. The molecule has 0 fully saturated rings. The molecule has 0 saturated carbocycles. The van der Waals surface area contributed by atoms with E-state index in [2.05, 4.69) is 0 Å². The van der Waals surface area contributed by atoms with Crippen molar-refractivity contribution in [1.82, 2.24) is 0 Å². The van der Waals surface area contributed by atoms with Gasteiger partial charge in [-0.25, -0.2) is 0 Å². The van der Waals surface area contributed by atoms with E-state index in [-0.39, 0.29) is 5.06 Å². The molecule has 1 aromatic carbocycles. The fraction of sp³-hybridized carbons (Fsp3) is 0.214. The molecule has 2 aromatic rings. The van der Waals surface area contributed by atoms with Gasteiger partial charge in [-0.3, -0.25) is 4.79 Å². The normalized spacial score (nSPS) is 10.3. The second kappa shape index (κ2) is 5.23. The number of aromatic hydroxyl groups is 1. The second-order valence-corrected chi connectivity index (χ2v) is 4.85. The zero-order valence-corrected chi connectivity index (χ0v) is 11.1. The van der Waals surface area contributed by atoms with Crippen LogP contribution in [0.3, 0.4) is 0 Å². The van der Waals surface area contributed by atoms with Crippen LogP contribution >= 0.6 is 11.3 Å². The fourth-order valence-electron chi connectivity index (χ4n) is 1.90. The summed E-state index contributed by atoms with van der Waals surface area (Å²) in [5.41, 5.74) is 2.30. The summed E-state index contributed by atoms with van der Waals surface area (Å²) in [5.74, 6) is 0.716. The lowest BCUT2D eigenvalue weighted by molar-refractivity contribution is 0.112. The van der Waals surface area contributed by atoms with Gasteiger partial charge in [-0.05, 0) is 25.5 Å². The van der Waals surface area contributed by atoms with E-state index >= 15 is 0 Å². The van der Waals surface area contributed by atoms with Gasteiger partial charge in [-0.2, -0.15) is 0 Å². The summed E-state index contributed by atoms with van der Waals surface area (Å²) in [5, 5.41) is 10.1. The highest BCUT2D eigenvalue weighted by Crippen LogP contribution is 2.44. The number of hydrogen-bond donors (Lipinski definition) is 1. The number of benzene rings is 1. The lowest BCUT2D eigenvalue weighted by Crippen LogP contribution is -1.94. The highest BCUT2D eigenvalue weighted by atomic mass is 32.1. The lowest BCUT2D eigenvalue weighted by atomic mass is 10.0. The van der Waals surface area contributed by atoms with Crippen LogP contribution in [0.25, 0.3) is 11.1 Å². The number of carbonyl (C=O) groups excluding carboxylic acids is 1. The zero-order chi connectivity index (χ0) is 13.1. The van der Waals surface area contributed by atoms with Crippen molar-refractivity contribution in [1.29, 1.82) is 0 Å². The molecule has 0 aliphatic heterocycles. The van der Waals surface area contributed by atoms with E-state index in [1.807, 2.05) is 38.1 Å². The van der Waals surface area contributed by atoms with Crippen molar-refractivity contribution in [2.24, 2.45) is 0 Å². The first-order chi connectivity index (χ1) is 8.69. The Morgan fingerprint density at radius 1 is 1.39 bits per heavy atom. The van der Waals surface area contributed by atoms with Crippen molar-refractivity contribution in [2.45, 2.75) is 13.8 Å². The molecule has 0 saturated heterocycles. The Morgan fingerprint density at radius 3 is 2.72 bits per heavy atom. The van der Waals surface area contributed by atoms with Crippen LogP contribution in [-0.2, 0) is 0 Å². The molecule has 0 atom stereocenters. The zero-order valence-electron chi connectivity index (χ0n) is 10.3. The number of hydrogen-bond acceptors (Lipinski definition) is 4. The van der Waals surface area contributed by atoms with Gasteiger partial charge in [0.15, 0.2) is 11.3 Å². The van der Waals surface area contributed by atoms with Gasteiger partial charge in [-0.15, -0.1) is 0 Å². The molecular formula is C14H14O3S. The van der Waals surface area contributed by atoms with Crippen molar-refractivity contribution >= 4 is 17.6 Å². The van der Waals surface area contributed by atoms with E-state index in [0.29, 0.717) is 22.8 Å². The van der Waals surface area contributed by atoms with E-state index in [1.165, 1.54) is 0 Å². The van der Waals surface area contributed by atoms with Crippen LogP contribution in [0.15, 0.2) is 24.3 Å². The minimum atomic E-state index is 0.154. The molecule has 0 bridgehead atoms. The van der Waals surface area contributed by atoms with E-state index in [1.54, 1.807) is 0 Å². The van der Waals surface area contributed by atoms with Gasteiger partial charge in [0, 0.05) is 11.1 Å². The summed E-state index contributed by atoms with van der Waals surface area (Å²) in [7, 11) is 0. The number of para-hydroxylation sites is 1. The minimum absolute atomic E-state index is 0.154. The van der Waals surface area contributed by atoms with Gasteiger partial charge in [0.1, 0.15) is 5.75 Å². The third-order valence-electron chi connectivity index (χ3n) is 2.73. The summed E-state index contributed by atoms with van der Waals surface area (Å²) >= 11 is 1.09. The first-order valence-electron chi connectivity index (χ1n) is 5.68. The molecule has 1 aromatic heterocycles. The Morgan fingerprint density at radius 2 is 2.11 bits per heavy atom. The number of thiophene rings is 1. The van der Waals surface area contributed by atoms with Crippen molar-refractivity contribution in [3.63, 3.8) is 0 Å². The average Bonchev–Trinajstić information content (AvgIpc) is 2.66. The molecule has 3 nitrogen and oxygen atoms in total. The van der Waals surface area contributed by atoms with Crippen LogP contribution < -0.4 is 4.74 Å². The van der Waals surface area contributed by atoms with E-state index < -0.39 is 0 Å². The van der Waals surface area contributed by atoms with Gasteiger partial charge in [-0.1, -0.05) is 29.5 Å². The maximum atomic E-state index is 10.9. The second-order valence-electron chi connectivity index (χ2n) is 3.82. The third-order valence-corrected chi connectivity index (χ3v) is 3.75. The molecule has 0 aliphatic rings. The molecule has 0 unspecified atom stereocenters. The summed E-state index contributed by atoms with van der Waals surface area (Å²) in [4.78, 5) is 11.5. The Kier molecular flexibility index (Phi) is 3.67. The average molecular weight is 262 g/mol. The van der Waals surface area contributed by atoms with Crippen LogP contribution in [0.2, 0.25) is 0 Å². The largest absolute Gasteiger partial charge is 0.499 e. The number of aldehydes is 1. The molecule has 4 heteroatoms. The van der Waals surface area contributed by atoms with Crippen molar-refractivity contribution < 1.29 is 14.6 Å². The molecular weight excluding hydrogens is 248 g/mol. The molecule has 0 aliphatic carbocycles. The molecule has 1 N–H and O–H groups in total. The van der Waals surface area contributed by atoms with E-state index in [9.17, 15) is 9.90 Å². The van der Waals surface area contributed by atoms with Gasteiger partial charge >= 0.3 is 0 Å². The van der Waals surface area contributed by atoms with Crippen molar-refractivity contribution in [2.75, 3.05) is 6.61 Å². The van der Waals surface area contributed by atoms with Crippen LogP contribution in [0.4, 0.5) is 0 Å². The number of carbonyl (C=O) groups is 1. The first-order valence-corrected chi connectivity index (χ1v) is 6.50. The van der Waals surface area contributed by atoms with E-state index in [4.69, 9.17) is 4.74 Å². The standard InChI is InChI=1S/C14H14O3S/c1-3-17-11-7-5-4-6-10(11)13-9(2)12(8-15)18-14(13)16/h4-8,16H,3H2,1-2H3. The van der Waals surface area contributed by atoms with E-state index in [0.717, 1.165) is 28.7 Å². The predicted molar refractivity (Wildman–Crippen MR) is 72.7 cm³/mol. The number of ether oxygens (including phenoxy) is 1. The summed E-state index contributed by atoms with van der Waals surface area (Å²) in [6, 6.07) is 7.51. The molecule has 2 rings (SSSR count). The Balaban J connectivity index is 2.61. The van der Waals surface area contributed by atoms with Gasteiger partial charge in [0.05, 0.1) is 11.5 Å². The predicted octanol–water partition coefficient (Wildman–Crippen LogP) is 3.64. The van der Waals surface area contributed by atoms with Crippen molar-refractivity contribution in [3.8, 4) is 21.9 Å². The highest BCUT2D eigenvalue weighted by Gasteiger charge is 2.18. The Hall–Kier alpha value is -1.81. The molecule has 94 valence electrons. The molecule has 18 heavy (non-hydrogen) atoms. The maximum Gasteiger partial charge on any atom is 0.180 e. The topological polar surface area (TPSA) is 46.5 Å². The monoisotopic (exact) mass is 262 g/mol. The van der Waals surface area contributed by atoms with Crippen LogP contribution in [0.5, 0.6) is 10.8 Å². The minimum Gasteiger partial charge on any atom is -0.499 e. The molecule has 0 spiro atoms. The lowest BCUT2D eigenvalue weighted by Gasteiger charge is -2.10. The van der Waals surface area contributed by atoms with Crippen molar-refractivity contribution in [3.05, 3.63) is 34.7 Å². The summed E-state index contributed by atoms with van der Waals surface area (Å²) in [6.45, 7) is 4.30. The smallest absolute Gasteiger partial charge is 0.180 e. The molecule has 0 amide bonds. The van der Waals surface area contributed by atoms with Crippen LogP contribution in [0.1, 0.15) is 22.2 Å². The van der Waals surface area contributed by atoms with Crippen LogP contribution in [-0.4, -0.2) is 18.0 Å². The Bertz CT molecular complexity index is 572. The number of rotatable bonds is 4. The van der Waals surface area contributed by atoms with Crippen LogP contribution in [0, 0.1) is 6.92 Å². The Labute approximate surface area is 110 Å². The molecule has 0 radical (unpaired) electrons. The highest BCUT2D eigenvalue weighted by molar-refractivity contribution is 7.16. The summed E-state index contributed by atoms with van der Waals surface area (Å²) in [6.07, 6.45) is 0.770. The van der Waals surface area contributed by atoms with Gasteiger partial charge < -0.3 is 9.84 Å². The van der Waals surface area contributed by atoms with Gasteiger partial charge in [0.25, 0.3) is 0 Å². The van der Waals surface area contributed by atoms with Gasteiger partial charge in [0.2, 0.25) is 0 Å². The first kappa shape index (κ1) is 12.6. The third kappa shape index (κ3) is 2.11. The quantitative estimate of drug-likeness (QED) is 0.856. The molecule has 1 heterocycles.